The number of methoxy groups -OCH3 is 1. The first-order valence-electron chi connectivity index (χ1n) is 6.61. The molecule has 0 bridgehead atoms. The van der Waals surface area contributed by atoms with Gasteiger partial charge in [-0.2, -0.15) is 0 Å². The van der Waals surface area contributed by atoms with Crippen LogP contribution in [0.15, 0.2) is 18.2 Å². The minimum absolute atomic E-state index is 0.0355. The van der Waals surface area contributed by atoms with Gasteiger partial charge in [0.25, 0.3) is 0 Å². The van der Waals surface area contributed by atoms with Gasteiger partial charge in [0.15, 0.2) is 0 Å². The molecule has 1 atom stereocenters. The summed E-state index contributed by atoms with van der Waals surface area (Å²) in [5.41, 5.74) is 1.09. The second-order valence-corrected chi connectivity index (χ2v) is 5.51. The fourth-order valence-corrected chi connectivity index (χ4v) is 2.96. The van der Waals surface area contributed by atoms with E-state index in [2.05, 4.69) is 13.8 Å². The normalized spacial score (nSPS) is 12.8. The van der Waals surface area contributed by atoms with Gasteiger partial charge in [-0.15, -0.1) is 11.6 Å². The molecule has 0 aliphatic carbocycles. The van der Waals surface area contributed by atoms with Gasteiger partial charge in [-0.1, -0.05) is 44.4 Å². The van der Waals surface area contributed by atoms with Crippen LogP contribution in [0.5, 0.6) is 5.75 Å². The van der Waals surface area contributed by atoms with Crippen LogP contribution >= 0.6 is 23.2 Å². The fraction of sp³-hybridized carbons (Fsp3) is 0.600. The quantitative estimate of drug-likeness (QED) is 0.572. The van der Waals surface area contributed by atoms with E-state index in [1.165, 1.54) is 0 Å². The Hall–Kier alpha value is -0.400. The van der Waals surface area contributed by atoms with Crippen LogP contribution in [-0.4, -0.2) is 7.11 Å². The molecule has 1 nitrogen and oxygen atoms in total. The summed E-state index contributed by atoms with van der Waals surface area (Å²) >= 11 is 12.7. The smallest absolute Gasteiger partial charge is 0.137 e. The average Bonchev–Trinajstić information content (AvgIpc) is 2.37. The number of ether oxygens (including phenoxy) is 1. The van der Waals surface area contributed by atoms with Crippen LogP contribution in [0.4, 0.5) is 0 Å². The van der Waals surface area contributed by atoms with E-state index in [4.69, 9.17) is 27.9 Å². The lowest BCUT2D eigenvalue weighted by molar-refractivity contribution is 0.412. The number of hydrogen-bond acceptors (Lipinski definition) is 1. The zero-order chi connectivity index (χ0) is 13.5. The highest BCUT2D eigenvalue weighted by Crippen LogP contribution is 2.37. The number of halogens is 2. The molecule has 18 heavy (non-hydrogen) atoms. The van der Waals surface area contributed by atoms with Crippen molar-refractivity contribution in [1.82, 2.24) is 0 Å². The van der Waals surface area contributed by atoms with Crippen LogP contribution in [0.3, 0.4) is 0 Å². The van der Waals surface area contributed by atoms with E-state index in [9.17, 15) is 0 Å². The Labute approximate surface area is 120 Å². The highest BCUT2D eigenvalue weighted by molar-refractivity contribution is 6.32. The lowest BCUT2D eigenvalue weighted by Gasteiger charge is -2.22. The van der Waals surface area contributed by atoms with Gasteiger partial charge in [0.2, 0.25) is 0 Å². The molecule has 0 aliphatic heterocycles. The predicted octanol–water partition coefficient (Wildman–Crippen LogP) is 5.84. The molecule has 0 N–H and O–H groups in total. The van der Waals surface area contributed by atoms with E-state index in [0.717, 1.165) is 31.2 Å². The third kappa shape index (κ3) is 4.07. The van der Waals surface area contributed by atoms with Gasteiger partial charge in [0, 0.05) is 0 Å². The van der Waals surface area contributed by atoms with E-state index >= 15 is 0 Å². The maximum Gasteiger partial charge on any atom is 0.137 e. The van der Waals surface area contributed by atoms with E-state index in [0.29, 0.717) is 16.7 Å². The summed E-state index contributed by atoms with van der Waals surface area (Å²) in [6.45, 7) is 4.40. The second-order valence-electron chi connectivity index (χ2n) is 4.63. The molecular formula is C15H22Cl2O. The van der Waals surface area contributed by atoms with Crippen molar-refractivity contribution in [3.8, 4) is 5.75 Å². The Balaban J connectivity index is 2.86. The minimum atomic E-state index is 0.0355. The van der Waals surface area contributed by atoms with Crippen molar-refractivity contribution in [3.05, 3.63) is 28.8 Å². The van der Waals surface area contributed by atoms with Crippen molar-refractivity contribution in [2.45, 2.75) is 44.9 Å². The Bertz CT molecular complexity index is 360. The highest BCUT2D eigenvalue weighted by Gasteiger charge is 2.20. The molecule has 0 saturated heterocycles. The summed E-state index contributed by atoms with van der Waals surface area (Å²) in [6.07, 6.45) is 4.65. The maximum atomic E-state index is 6.60. The molecule has 0 aromatic heterocycles. The zero-order valence-corrected chi connectivity index (χ0v) is 12.9. The molecule has 102 valence electrons. The Morgan fingerprint density at radius 3 is 2.22 bits per heavy atom. The van der Waals surface area contributed by atoms with E-state index in [-0.39, 0.29) is 5.38 Å². The van der Waals surface area contributed by atoms with Gasteiger partial charge in [0.05, 0.1) is 17.5 Å². The van der Waals surface area contributed by atoms with Crippen molar-refractivity contribution in [3.63, 3.8) is 0 Å². The van der Waals surface area contributed by atoms with Crippen LogP contribution in [0, 0.1) is 5.92 Å². The van der Waals surface area contributed by atoms with Crippen molar-refractivity contribution in [2.75, 3.05) is 7.11 Å². The topological polar surface area (TPSA) is 9.23 Å². The highest BCUT2D eigenvalue weighted by atomic mass is 35.5. The molecule has 0 aliphatic rings. The van der Waals surface area contributed by atoms with Crippen molar-refractivity contribution < 1.29 is 4.74 Å². The van der Waals surface area contributed by atoms with Crippen LogP contribution < -0.4 is 4.74 Å². The summed E-state index contributed by atoms with van der Waals surface area (Å²) in [5, 5.41) is 0.667. The van der Waals surface area contributed by atoms with Gasteiger partial charge in [-0.3, -0.25) is 0 Å². The van der Waals surface area contributed by atoms with E-state index in [1.807, 2.05) is 18.2 Å². The van der Waals surface area contributed by atoms with E-state index in [1.54, 1.807) is 7.11 Å². The van der Waals surface area contributed by atoms with Crippen LogP contribution in [0.2, 0.25) is 5.02 Å². The molecule has 1 unspecified atom stereocenters. The Morgan fingerprint density at radius 1 is 1.17 bits per heavy atom. The summed E-state index contributed by atoms with van der Waals surface area (Å²) in [6, 6.07) is 5.83. The first kappa shape index (κ1) is 15.7. The summed E-state index contributed by atoms with van der Waals surface area (Å²) < 4.78 is 5.16. The van der Waals surface area contributed by atoms with Gasteiger partial charge in [0.1, 0.15) is 5.75 Å². The molecule has 0 fully saturated rings. The molecule has 0 radical (unpaired) electrons. The van der Waals surface area contributed by atoms with Crippen LogP contribution in [0.1, 0.15) is 50.5 Å². The molecule has 3 heteroatoms. The second kappa shape index (κ2) is 7.91. The van der Waals surface area contributed by atoms with Crippen molar-refractivity contribution in [2.24, 2.45) is 5.92 Å². The third-order valence-electron chi connectivity index (χ3n) is 3.23. The predicted molar refractivity (Wildman–Crippen MR) is 79.9 cm³/mol. The number of alkyl halides is 1. The Morgan fingerprint density at radius 2 is 1.78 bits per heavy atom. The average molecular weight is 289 g/mol. The SMILES string of the molecule is CCCC(CCC)C(Cl)c1ccc(OC)c(Cl)c1. The van der Waals surface area contributed by atoms with Gasteiger partial charge in [-0.25, -0.2) is 0 Å². The number of hydrogen-bond donors (Lipinski definition) is 0. The molecule has 0 heterocycles. The van der Waals surface area contributed by atoms with Gasteiger partial charge < -0.3 is 4.74 Å². The van der Waals surface area contributed by atoms with Crippen LogP contribution in [-0.2, 0) is 0 Å². The Kier molecular flexibility index (Phi) is 6.88. The molecule has 0 amide bonds. The van der Waals surface area contributed by atoms with Gasteiger partial charge >= 0.3 is 0 Å². The molecular weight excluding hydrogens is 267 g/mol. The molecule has 1 rings (SSSR count). The van der Waals surface area contributed by atoms with Gasteiger partial charge in [-0.05, 0) is 36.5 Å². The van der Waals surface area contributed by atoms with Crippen LogP contribution in [0.25, 0.3) is 0 Å². The molecule has 1 aromatic carbocycles. The number of benzene rings is 1. The lowest BCUT2D eigenvalue weighted by atomic mass is 9.90. The first-order valence-corrected chi connectivity index (χ1v) is 7.42. The van der Waals surface area contributed by atoms with Crippen molar-refractivity contribution in [1.29, 1.82) is 0 Å². The third-order valence-corrected chi connectivity index (χ3v) is 4.13. The molecule has 0 saturated carbocycles. The standard InChI is InChI=1S/C15H22Cl2O/c1-4-6-11(7-5-2)15(17)12-8-9-14(18-3)13(16)10-12/h8-11,15H,4-7H2,1-3H3. The summed E-state index contributed by atoms with van der Waals surface area (Å²) in [4.78, 5) is 0. The first-order chi connectivity index (χ1) is 8.63. The minimum Gasteiger partial charge on any atom is -0.495 e. The lowest BCUT2D eigenvalue weighted by Crippen LogP contribution is -2.08. The molecule has 0 spiro atoms. The maximum absolute atomic E-state index is 6.60. The number of rotatable bonds is 7. The van der Waals surface area contributed by atoms with Crippen molar-refractivity contribution >= 4 is 23.2 Å². The summed E-state index contributed by atoms with van der Waals surface area (Å²) in [5.74, 6) is 1.22. The fourth-order valence-electron chi connectivity index (χ4n) is 2.30. The summed E-state index contributed by atoms with van der Waals surface area (Å²) in [7, 11) is 1.62. The monoisotopic (exact) mass is 288 g/mol. The largest absolute Gasteiger partial charge is 0.495 e. The molecule has 1 aromatic rings. The van der Waals surface area contributed by atoms with E-state index < -0.39 is 0 Å². The zero-order valence-electron chi connectivity index (χ0n) is 11.4.